The Kier molecular flexibility index (Phi) is 5.14. The first-order valence-electron chi connectivity index (χ1n) is 12.6. The molecule has 0 bridgehead atoms. The summed E-state index contributed by atoms with van der Waals surface area (Å²) in [5.74, 6) is -0.179. The summed E-state index contributed by atoms with van der Waals surface area (Å²) in [4.78, 5) is 44.2. The zero-order valence-corrected chi connectivity index (χ0v) is 20.6. The monoisotopic (exact) mass is 498 g/mol. The maximum atomic E-state index is 13.2. The topological polar surface area (TPSA) is 94.2 Å². The second-order valence-corrected chi connectivity index (χ2v) is 10.7. The van der Waals surface area contributed by atoms with Gasteiger partial charge in [0.1, 0.15) is 0 Å². The molecule has 6 heterocycles. The molecular formula is C27H26N6O2S. The Bertz CT molecular complexity index is 1540. The molecule has 2 saturated heterocycles. The summed E-state index contributed by atoms with van der Waals surface area (Å²) in [5, 5.41) is 5.26. The van der Waals surface area contributed by atoms with Crippen molar-refractivity contribution in [2.75, 3.05) is 31.1 Å². The normalized spacial score (nSPS) is 19.8. The van der Waals surface area contributed by atoms with Gasteiger partial charge in [-0.1, -0.05) is 18.2 Å². The molecule has 0 spiro atoms. The van der Waals surface area contributed by atoms with Crippen molar-refractivity contribution in [1.82, 2.24) is 25.2 Å². The summed E-state index contributed by atoms with van der Waals surface area (Å²) in [6.07, 6.45) is 6.57. The molecule has 2 N–H and O–H groups in total. The van der Waals surface area contributed by atoms with Gasteiger partial charge in [0.2, 0.25) is 5.95 Å². The fourth-order valence-electron chi connectivity index (χ4n) is 5.90. The van der Waals surface area contributed by atoms with Crippen LogP contribution in [0, 0.1) is 0 Å². The number of nitrogens with one attached hydrogen (secondary N) is 2. The average molecular weight is 499 g/mol. The van der Waals surface area contributed by atoms with Gasteiger partial charge in [-0.05, 0) is 56.3 Å². The number of likely N-dealkylation sites (tertiary alicyclic amines) is 1. The average Bonchev–Trinajstić information content (AvgIpc) is 3.69. The molecule has 8 nitrogen and oxygen atoms in total. The van der Waals surface area contributed by atoms with E-state index in [4.69, 9.17) is 9.97 Å². The largest absolute Gasteiger partial charge is 0.360 e. The van der Waals surface area contributed by atoms with Crippen LogP contribution in [0.2, 0.25) is 0 Å². The van der Waals surface area contributed by atoms with Crippen LogP contribution in [-0.2, 0) is 9.59 Å². The lowest BCUT2D eigenvalue weighted by Gasteiger charge is -2.36. The molecule has 36 heavy (non-hydrogen) atoms. The highest BCUT2D eigenvalue weighted by atomic mass is 32.1. The quantitative estimate of drug-likeness (QED) is 0.416. The first kappa shape index (κ1) is 21.7. The number of para-hydroxylation sites is 1. The Morgan fingerprint density at radius 3 is 2.53 bits per heavy atom. The number of carbonyl (C=O) groups is 2. The number of aromatic nitrogens is 3. The van der Waals surface area contributed by atoms with Crippen molar-refractivity contribution < 1.29 is 9.59 Å². The number of hydrogen-bond acceptors (Lipinski definition) is 7. The lowest BCUT2D eigenvalue weighted by molar-refractivity contribution is -0.122. The van der Waals surface area contributed by atoms with Gasteiger partial charge in [0.05, 0.1) is 32.6 Å². The molecule has 182 valence electrons. The summed E-state index contributed by atoms with van der Waals surface area (Å²) >= 11 is 1.55. The number of piperidine rings is 1. The van der Waals surface area contributed by atoms with Crippen LogP contribution in [0.4, 0.5) is 5.95 Å². The molecule has 0 unspecified atom stereocenters. The fraction of sp³-hybridized carbons (Fsp3) is 0.333. The SMILES string of the molecule is O=C1NC(=O)C(c2c[nH]c3ccsc23)=C1c1nc(N2CCC(N3CCCC3)CC2)nc2ccccc12. The molecule has 2 fully saturated rings. The number of aromatic amines is 1. The van der Waals surface area contributed by atoms with E-state index in [1.807, 2.05) is 41.9 Å². The Labute approximate surface area is 212 Å². The molecule has 0 atom stereocenters. The van der Waals surface area contributed by atoms with Crippen molar-refractivity contribution in [2.24, 2.45) is 0 Å². The van der Waals surface area contributed by atoms with E-state index < -0.39 is 5.91 Å². The lowest BCUT2D eigenvalue weighted by Crippen LogP contribution is -2.44. The molecular weight excluding hydrogens is 472 g/mol. The molecule has 0 saturated carbocycles. The smallest absolute Gasteiger partial charge is 0.261 e. The third-order valence-corrected chi connectivity index (χ3v) is 8.66. The third kappa shape index (κ3) is 3.45. The van der Waals surface area contributed by atoms with E-state index in [-0.39, 0.29) is 5.91 Å². The highest BCUT2D eigenvalue weighted by Gasteiger charge is 2.36. The van der Waals surface area contributed by atoms with Crippen molar-refractivity contribution in [3.8, 4) is 0 Å². The van der Waals surface area contributed by atoms with Crippen molar-refractivity contribution in [2.45, 2.75) is 31.7 Å². The van der Waals surface area contributed by atoms with Gasteiger partial charge in [0, 0.05) is 36.3 Å². The van der Waals surface area contributed by atoms with Crippen LogP contribution < -0.4 is 10.2 Å². The van der Waals surface area contributed by atoms with Crippen molar-refractivity contribution in [3.05, 3.63) is 53.2 Å². The maximum Gasteiger partial charge on any atom is 0.261 e. The minimum Gasteiger partial charge on any atom is -0.360 e. The van der Waals surface area contributed by atoms with E-state index in [0.717, 1.165) is 52.6 Å². The summed E-state index contributed by atoms with van der Waals surface area (Å²) < 4.78 is 0.954. The zero-order chi connectivity index (χ0) is 24.2. The highest BCUT2D eigenvalue weighted by molar-refractivity contribution is 7.17. The number of amides is 2. The van der Waals surface area contributed by atoms with E-state index in [9.17, 15) is 9.59 Å². The minimum absolute atomic E-state index is 0.320. The number of anilines is 1. The molecule has 1 aromatic carbocycles. The van der Waals surface area contributed by atoms with Gasteiger partial charge in [0.15, 0.2) is 0 Å². The van der Waals surface area contributed by atoms with Gasteiger partial charge in [-0.25, -0.2) is 9.97 Å². The standard InChI is InChI=1S/C27H26N6O2S/c34-25-21(18-15-28-20-9-14-36-24(18)20)22(26(35)31-25)23-17-5-1-2-6-19(17)29-27(30-23)33-12-7-16(8-13-33)32-10-3-4-11-32/h1-2,5-6,9,14-16,28H,3-4,7-8,10-13H2,(H,31,34,35). The van der Waals surface area contributed by atoms with Gasteiger partial charge in [0.25, 0.3) is 11.8 Å². The lowest BCUT2D eigenvalue weighted by atomic mass is 9.98. The molecule has 0 aliphatic carbocycles. The van der Waals surface area contributed by atoms with Crippen LogP contribution in [0.5, 0.6) is 0 Å². The van der Waals surface area contributed by atoms with Gasteiger partial charge < -0.3 is 14.8 Å². The Morgan fingerprint density at radius 1 is 0.917 bits per heavy atom. The summed E-state index contributed by atoms with van der Waals surface area (Å²) in [6, 6.07) is 10.3. The van der Waals surface area contributed by atoms with Crippen molar-refractivity contribution in [1.29, 1.82) is 0 Å². The fourth-order valence-corrected chi connectivity index (χ4v) is 6.79. The summed E-state index contributed by atoms with van der Waals surface area (Å²) in [5.41, 5.74) is 3.66. The van der Waals surface area contributed by atoms with Crippen LogP contribution >= 0.6 is 11.3 Å². The molecule has 3 aliphatic rings. The highest BCUT2D eigenvalue weighted by Crippen LogP contribution is 2.38. The first-order valence-corrected chi connectivity index (χ1v) is 13.5. The van der Waals surface area contributed by atoms with E-state index >= 15 is 0 Å². The van der Waals surface area contributed by atoms with E-state index in [1.165, 1.54) is 25.9 Å². The van der Waals surface area contributed by atoms with Crippen LogP contribution in [0.15, 0.2) is 41.9 Å². The molecule has 2 amide bonds. The van der Waals surface area contributed by atoms with Gasteiger partial charge in [-0.15, -0.1) is 11.3 Å². The van der Waals surface area contributed by atoms with Crippen LogP contribution in [0.1, 0.15) is 36.9 Å². The van der Waals surface area contributed by atoms with Crippen molar-refractivity contribution in [3.63, 3.8) is 0 Å². The molecule has 7 rings (SSSR count). The number of H-pyrrole nitrogens is 1. The zero-order valence-electron chi connectivity index (χ0n) is 19.8. The first-order chi connectivity index (χ1) is 17.7. The predicted octanol–water partition coefficient (Wildman–Crippen LogP) is 3.80. The Morgan fingerprint density at radius 2 is 1.69 bits per heavy atom. The number of benzene rings is 1. The summed E-state index contributed by atoms with van der Waals surface area (Å²) in [7, 11) is 0. The van der Waals surface area contributed by atoms with Crippen LogP contribution in [0.25, 0.3) is 32.3 Å². The van der Waals surface area contributed by atoms with E-state index in [0.29, 0.717) is 28.8 Å². The maximum absolute atomic E-state index is 13.2. The number of rotatable bonds is 4. The molecule has 3 aliphatic heterocycles. The predicted molar refractivity (Wildman–Crippen MR) is 142 cm³/mol. The number of nitrogens with zero attached hydrogens (tertiary/aromatic N) is 4. The number of carbonyl (C=O) groups excluding carboxylic acids is 2. The van der Waals surface area contributed by atoms with Gasteiger partial charge in [-0.2, -0.15) is 0 Å². The second kappa shape index (κ2) is 8.53. The Hall–Kier alpha value is -3.56. The molecule has 3 aromatic heterocycles. The molecule has 0 radical (unpaired) electrons. The number of fused-ring (bicyclic) bond motifs is 2. The molecule has 9 heteroatoms. The van der Waals surface area contributed by atoms with Crippen LogP contribution in [-0.4, -0.2) is 63.9 Å². The molecule has 4 aromatic rings. The third-order valence-electron chi connectivity index (χ3n) is 7.71. The Balaban J connectivity index is 1.34. The van der Waals surface area contributed by atoms with Gasteiger partial charge in [-0.3, -0.25) is 14.9 Å². The number of hydrogen-bond donors (Lipinski definition) is 2. The minimum atomic E-state index is -0.413. The number of imide groups is 1. The summed E-state index contributed by atoms with van der Waals surface area (Å²) in [6.45, 7) is 4.17. The number of thiophene rings is 1. The van der Waals surface area contributed by atoms with E-state index in [2.05, 4.69) is 20.1 Å². The van der Waals surface area contributed by atoms with E-state index in [1.54, 1.807) is 11.3 Å². The van der Waals surface area contributed by atoms with Crippen molar-refractivity contribution >= 4 is 61.4 Å². The van der Waals surface area contributed by atoms with Crippen LogP contribution in [0.3, 0.4) is 0 Å². The van der Waals surface area contributed by atoms with Gasteiger partial charge >= 0.3 is 0 Å². The second-order valence-electron chi connectivity index (χ2n) is 9.75.